The minimum atomic E-state index is -1.37. The Labute approximate surface area is 300 Å². The molecule has 2 rings (SSSR count). The molecule has 0 aliphatic rings. The number of hydrogen-bond acceptors (Lipinski definition) is 15. The van der Waals surface area contributed by atoms with Crippen molar-refractivity contribution in [3.63, 3.8) is 0 Å². The smallest absolute Gasteiger partial charge is 0.332 e. The molecule has 0 aliphatic carbocycles. The van der Waals surface area contributed by atoms with Crippen LogP contribution in [-0.2, 0) is 47.7 Å². The van der Waals surface area contributed by atoms with Crippen molar-refractivity contribution in [2.24, 2.45) is 25.6 Å². The highest BCUT2D eigenvalue weighted by molar-refractivity contribution is 8.76. The van der Waals surface area contributed by atoms with Crippen LogP contribution in [0.3, 0.4) is 0 Å². The van der Waals surface area contributed by atoms with E-state index in [1.807, 2.05) is 0 Å². The van der Waals surface area contributed by atoms with E-state index >= 15 is 0 Å². The van der Waals surface area contributed by atoms with Crippen molar-refractivity contribution in [2.75, 3.05) is 24.6 Å². The molecule has 0 spiro atoms. The molecule has 0 saturated heterocycles. The van der Waals surface area contributed by atoms with Crippen molar-refractivity contribution < 1.29 is 53.7 Å². The summed E-state index contributed by atoms with van der Waals surface area (Å²) in [6.07, 6.45) is -0.282. The highest BCUT2D eigenvalue weighted by Gasteiger charge is 2.26. The normalized spacial score (nSPS) is 13.3. The van der Waals surface area contributed by atoms with Gasteiger partial charge in [0.05, 0.1) is 6.54 Å². The molecule has 0 radical (unpaired) electrons. The predicted molar refractivity (Wildman–Crippen MR) is 183 cm³/mol. The number of aliphatic carboxylic acids is 3. The Morgan fingerprint density at radius 2 is 1.23 bits per heavy atom. The molecule has 0 fully saturated rings. The summed E-state index contributed by atoms with van der Waals surface area (Å²) in [6.45, 7) is -1.47. The van der Waals surface area contributed by atoms with Gasteiger partial charge in [-0.15, -0.1) is 0 Å². The van der Waals surface area contributed by atoms with Gasteiger partial charge >= 0.3 is 23.6 Å². The molecule has 2 aromatic rings. The van der Waals surface area contributed by atoms with Gasteiger partial charge in [-0.2, -0.15) is 0 Å². The molecule has 0 bridgehead atoms. The van der Waals surface area contributed by atoms with E-state index in [0.29, 0.717) is 0 Å². The molecule has 4 amide bonds. The van der Waals surface area contributed by atoms with Gasteiger partial charge in [0.25, 0.3) is 11.5 Å². The molecular formula is C27H38N10O13S2. The molecule has 4 atom stereocenters. The van der Waals surface area contributed by atoms with Crippen molar-refractivity contribution in [3.8, 4) is 0 Å². The fourth-order valence-electron chi connectivity index (χ4n) is 4.14. The van der Waals surface area contributed by atoms with Crippen LogP contribution >= 0.6 is 21.6 Å². The average Bonchev–Trinajstić information content (AvgIpc) is 3.55. The van der Waals surface area contributed by atoms with Gasteiger partial charge in [0, 0.05) is 38.4 Å². The summed E-state index contributed by atoms with van der Waals surface area (Å²) in [5, 5.41) is 36.0. The van der Waals surface area contributed by atoms with Crippen LogP contribution in [0.4, 0.5) is 0 Å². The topological polar surface area (TPSA) is 359 Å². The number of hydrogen-bond donors (Lipinski definition) is 9. The summed E-state index contributed by atoms with van der Waals surface area (Å²) in [5.41, 5.74) is 9.04. The zero-order valence-electron chi connectivity index (χ0n) is 27.7. The Kier molecular flexibility index (Phi) is 16.5. The molecule has 0 aromatic carbocycles. The quantitative estimate of drug-likeness (QED) is 0.0424. The summed E-state index contributed by atoms with van der Waals surface area (Å²) in [5.74, 6) is -8.61. The standard InChI is InChI=1S/C27H38N10O13S2/c1-35-21-20(24(45)36(2)27(35)50)37(11-32-21)18(40)7-30-22(43)14(33-16(38)5-3-12(28)25(46)47)9-51-52-10-15(23(44)31-8-19(41)42)34-17(39)6-4-13(29)26(48)49/h11-15H,3-10,28-29H2,1-2H3,(H,30,43)(H,31,44)(H,33,38)(H,34,39)(H,41,42)(H,46,47)(H,48,49). The number of amides is 4. The van der Waals surface area contributed by atoms with Crippen LogP contribution in [-0.4, -0.2) is 130 Å². The highest BCUT2D eigenvalue weighted by Crippen LogP contribution is 2.23. The Morgan fingerprint density at radius 3 is 1.67 bits per heavy atom. The second-order valence-electron chi connectivity index (χ2n) is 11.0. The van der Waals surface area contributed by atoms with Gasteiger partial charge < -0.3 is 48.1 Å². The Bertz CT molecular complexity index is 1830. The monoisotopic (exact) mass is 774 g/mol. The number of nitrogens with zero attached hydrogens (tertiary/aromatic N) is 4. The molecule has 11 N–H and O–H groups in total. The first kappa shape index (κ1) is 42.9. The van der Waals surface area contributed by atoms with E-state index in [1.54, 1.807) is 0 Å². The number of rotatable bonds is 21. The van der Waals surface area contributed by atoms with Crippen LogP contribution in [0.2, 0.25) is 0 Å². The number of nitrogens with two attached hydrogens (primary N) is 2. The predicted octanol–water partition coefficient (Wildman–Crippen LogP) is -4.87. The Balaban J connectivity index is 2.15. The van der Waals surface area contributed by atoms with Gasteiger partial charge in [0.2, 0.25) is 23.6 Å². The van der Waals surface area contributed by atoms with Gasteiger partial charge in [-0.05, 0) is 12.8 Å². The molecule has 25 heteroatoms. The third-order valence-electron chi connectivity index (χ3n) is 7.10. The average molecular weight is 775 g/mol. The molecule has 0 aliphatic heterocycles. The first-order valence-corrected chi connectivity index (χ1v) is 17.6. The number of aromatic nitrogens is 4. The maximum absolute atomic E-state index is 13.2. The van der Waals surface area contributed by atoms with Crippen LogP contribution < -0.4 is 44.0 Å². The number of carbonyl (C=O) groups is 8. The second-order valence-corrected chi connectivity index (χ2v) is 13.5. The van der Waals surface area contributed by atoms with Crippen molar-refractivity contribution in [1.29, 1.82) is 0 Å². The molecule has 23 nitrogen and oxygen atoms in total. The zero-order chi connectivity index (χ0) is 39.3. The summed E-state index contributed by atoms with van der Waals surface area (Å²) >= 11 is 0. The lowest BCUT2D eigenvalue weighted by atomic mass is 10.1. The summed E-state index contributed by atoms with van der Waals surface area (Å²) < 4.78 is 2.67. The molecule has 4 unspecified atom stereocenters. The van der Waals surface area contributed by atoms with Gasteiger partial charge in [0.1, 0.15) is 37.0 Å². The number of nitrogens with one attached hydrogen (secondary N) is 4. The van der Waals surface area contributed by atoms with Crippen LogP contribution in [0.15, 0.2) is 15.9 Å². The lowest BCUT2D eigenvalue weighted by Crippen LogP contribution is -2.50. The maximum Gasteiger partial charge on any atom is 0.332 e. The third-order valence-corrected chi connectivity index (χ3v) is 9.52. The van der Waals surface area contributed by atoms with Crippen LogP contribution in [0.1, 0.15) is 30.5 Å². The largest absolute Gasteiger partial charge is 0.480 e. The second kappa shape index (κ2) is 19.9. The van der Waals surface area contributed by atoms with Crippen LogP contribution in [0, 0.1) is 0 Å². The van der Waals surface area contributed by atoms with E-state index in [9.17, 15) is 47.9 Å². The minimum Gasteiger partial charge on any atom is -0.480 e. The third kappa shape index (κ3) is 12.5. The van der Waals surface area contributed by atoms with Crippen molar-refractivity contribution >= 4 is 80.2 Å². The van der Waals surface area contributed by atoms with E-state index < -0.39 is 95.9 Å². The van der Waals surface area contributed by atoms with E-state index in [-0.39, 0.29) is 48.4 Å². The fourth-order valence-corrected chi connectivity index (χ4v) is 6.47. The first-order valence-electron chi connectivity index (χ1n) is 15.1. The van der Waals surface area contributed by atoms with Gasteiger partial charge in [-0.25, -0.2) is 9.78 Å². The van der Waals surface area contributed by atoms with E-state index in [2.05, 4.69) is 26.3 Å². The van der Waals surface area contributed by atoms with E-state index in [1.165, 1.54) is 14.1 Å². The molecule has 286 valence electrons. The molecule has 2 aromatic heterocycles. The number of fused-ring (bicyclic) bond motifs is 1. The Hall–Kier alpha value is -5.27. The van der Waals surface area contributed by atoms with Crippen LogP contribution in [0.25, 0.3) is 11.2 Å². The van der Waals surface area contributed by atoms with Crippen LogP contribution in [0.5, 0.6) is 0 Å². The summed E-state index contributed by atoms with van der Waals surface area (Å²) in [6, 6.07) is -5.39. The number of imidazole rings is 1. The zero-order valence-corrected chi connectivity index (χ0v) is 29.4. The van der Waals surface area contributed by atoms with Crippen molar-refractivity contribution in [2.45, 2.75) is 49.9 Å². The van der Waals surface area contributed by atoms with Crippen molar-refractivity contribution in [3.05, 3.63) is 27.2 Å². The lowest BCUT2D eigenvalue weighted by molar-refractivity contribution is -0.140. The fraction of sp³-hybridized carbons (Fsp3) is 0.519. The van der Waals surface area contributed by atoms with Gasteiger partial charge in [-0.3, -0.25) is 56.9 Å². The molecule has 2 heterocycles. The number of carboxylic acids is 3. The SMILES string of the molecule is Cn1c(=O)c2c(ncn2C(=O)CNC(=O)C(CSSCC(NC(=O)CCC(N)C(=O)O)C(=O)NCC(=O)O)NC(=O)CCC(N)C(=O)O)n(C)c1=O. The summed E-state index contributed by atoms with van der Waals surface area (Å²) in [7, 11) is 4.39. The number of carboxylic acid groups (broad SMARTS) is 3. The van der Waals surface area contributed by atoms with E-state index in [0.717, 1.165) is 41.6 Å². The summed E-state index contributed by atoms with van der Waals surface area (Å²) in [4.78, 5) is 126. The maximum atomic E-state index is 13.2. The van der Waals surface area contributed by atoms with Gasteiger partial charge in [-0.1, -0.05) is 21.6 Å². The number of carbonyl (C=O) groups excluding carboxylic acids is 5. The van der Waals surface area contributed by atoms with Crippen molar-refractivity contribution in [1.82, 2.24) is 40.0 Å². The van der Waals surface area contributed by atoms with E-state index in [4.69, 9.17) is 26.8 Å². The lowest BCUT2D eigenvalue weighted by Gasteiger charge is -2.20. The first-order chi connectivity index (χ1) is 24.3. The minimum absolute atomic E-state index is 0.0825. The highest BCUT2D eigenvalue weighted by atomic mass is 33.1. The van der Waals surface area contributed by atoms with Gasteiger partial charge in [0.15, 0.2) is 11.2 Å². The molecule has 52 heavy (non-hydrogen) atoms. The molecular weight excluding hydrogens is 736 g/mol. The molecule has 0 saturated carbocycles. The number of aryl methyl sites for hydroxylation is 1. The Morgan fingerprint density at radius 1 is 0.769 bits per heavy atom.